The minimum absolute atomic E-state index is 0.183. The molecule has 3 aromatic rings. The second kappa shape index (κ2) is 8.56. The number of hydrogen-bond acceptors (Lipinski definition) is 5. The van der Waals surface area contributed by atoms with Crippen LogP contribution in [0.5, 0.6) is 0 Å². The number of rotatable bonds is 6. The zero-order valence-electron chi connectivity index (χ0n) is 16.9. The van der Waals surface area contributed by atoms with Crippen molar-refractivity contribution in [2.45, 2.75) is 46.3 Å². The van der Waals surface area contributed by atoms with Gasteiger partial charge in [0.2, 0.25) is 0 Å². The number of aromatic nitrogens is 3. The second-order valence-electron chi connectivity index (χ2n) is 6.78. The van der Waals surface area contributed by atoms with E-state index in [1.165, 1.54) is 22.8 Å². The van der Waals surface area contributed by atoms with Crippen LogP contribution in [-0.2, 0) is 11.3 Å². The third kappa shape index (κ3) is 4.42. The lowest BCUT2D eigenvalue weighted by Crippen LogP contribution is -2.20. The van der Waals surface area contributed by atoms with Crippen LogP contribution >= 0.6 is 11.8 Å². The molecular formula is C21H25N5OS. The van der Waals surface area contributed by atoms with E-state index in [-0.39, 0.29) is 11.7 Å². The molecule has 1 amide bonds. The highest BCUT2D eigenvalue weighted by molar-refractivity contribution is 7.99. The van der Waals surface area contributed by atoms with Crippen molar-refractivity contribution in [2.75, 3.05) is 5.75 Å². The number of amides is 1. The molecule has 0 saturated heterocycles. The smallest absolute Gasteiger partial charge is 0.250 e. The molecule has 6 nitrogen and oxygen atoms in total. The third-order valence-corrected chi connectivity index (χ3v) is 5.37. The van der Waals surface area contributed by atoms with E-state index in [4.69, 9.17) is 0 Å². The van der Waals surface area contributed by atoms with Crippen LogP contribution in [0.2, 0.25) is 0 Å². The van der Waals surface area contributed by atoms with Gasteiger partial charge in [-0.3, -0.25) is 4.79 Å². The summed E-state index contributed by atoms with van der Waals surface area (Å²) in [7, 11) is 0. The average Bonchev–Trinajstić information content (AvgIpc) is 2.90. The summed E-state index contributed by atoms with van der Waals surface area (Å²) in [5, 5.41) is 5.94. The Bertz CT molecular complexity index is 1030. The van der Waals surface area contributed by atoms with Crippen LogP contribution < -0.4 is 5.43 Å². The monoisotopic (exact) mass is 395 g/mol. The molecule has 0 saturated carbocycles. The zero-order valence-corrected chi connectivity index (χ0v) is 17.7. The number of aryl methyl sites for hydroxylation is 4. The van der Waals surface area contributed by atoms with Crippen LogP contribution in [0.3, 0.4) is 0 Å². The Hall–Kier alpha value is -2.67. The van der Waals surface area contributed by atoms with E-state index in [1.807, 2.05) is 19.9 Å². The van der Waals surface area contributed by atoms with E-state index < -0.39 is 0 Å². The highest BCUT2D eigenvalue weighted by Crippen LogP contribution is 2.25. The lowest BCUT2D eigenvalue weighted by Gasteiger charge is -2.03. The van der Waals surface area contributed by atoms with Crippen molar-refractivity contribution in [3.8, 4) is 0 Å². The predicted octanol–water partition coefficient (Wildman–Crippen LogP) is 3.93. The predicted molar refractivity (Wildman–Crippen MR) is 115 cm³/mol. The Labute approximate surface area is 169 Å². The number of nitrogens with zero attached hydrogens (tertiary/aromatic N) is 4. The molecule has 2 heterocycles. The minimum atomic E-state index is -0.183. The van der Waals surface area contributed by atoms with Gasteiger partial charge in [-0.05, 0) is 52.8 Å². The molecule has 0 spiro atoms. The molecule has 0 bridgehead atoms. The lowest BCUT2D eigenvalue weighted by molar-refractivity contribution is -0.118. The van der Waals surface area contributed by atoms with Crippen LogP contribution in [-0.4, -0.2) is 32.4 Å². The van der Waals surface area contributed by atoms with E-state index in [9.17, 15) is 4.79 Å². The maximum Gasteiger partial charge on any atom is 0.250 e. The topological polar surface area (TPSA) is 72.2 Å². The van der Waals surface area contributed by atoms with Crippen LogP contribution in [0, 0.1) is 27.7 Å². The summed E-state index contributed by atoms with van der Waals surface area (Å²) in [5.41, 5.74) is 8.95. The fraction of sp³-hybridized carbons (Fsp3) is 0.333. The van der Waals surface area contributed by atoms with Gasteiger partial charge in [-0.15, -0.1) is 0 Å². The maximum atomic E-state index is 12.1. The summed E-state index contributed by atoms with van der Waals surface area (Å²) in [6.45, 7) is 11.0. The summed E-state index contributed by atoms with van der Waals surface area (Å²) < 4.78 is 2.26. The number of nitrogens with one attached hydrogen (secondary N) is 1. The zero-order chi connectivity index (χ0) is 20.3. The number of carbonyl (C=O) groups is 1. The van der Waals surface area contributed by atoms with Gasteiger partial charge in [0.1, 0.15) is 0 Å². The van der Waals surface area contributed by atoms with Crippen molar-refractivity contribution in [1.29, 1.82) is 0 Å². The lowest BCUT2D eigenvalue weighted by atomic mass is 10.1. The number of benzene rings is 1. The molecule has 0 aliphatic rings. The Morgan fingerprint density at radius 3 is 2.57 bits per heavy atom. The third-order valence-electron chi connectivity index (χ3n) is 4.52. The largest absolute Gasteiger partial charge is 0.344 e. The molecule has 3 rings (SSSR count). The van der Waals surface area contributed by atoms with E-state index >= 15 is 0 Å². The Balaban J connectivity index is 1.69. The van der Waals surface area contributed by atoms with Gasteiger partial charge in [-0.25, -0.2) is 15.4 Å². The molecule has 0 radical (unpaired) electrons. The van der Waals surface area contributed by atoms with Gasteiger partial charge in [0.25, 0.3) is 5.91 Å². The summed E-state index contributed by atoms with van der Waals surface area (Å²) in [4.78, 5) is 20.8. The van der Waals surface area contributed by atoms with Gasteiger partial charge >= 0.3 is 0 Å². The van der Waals surface area contributed by atoms with E-state index in [1.54, 1.807) is 6.21 Å². The fourth-order valence-corrected chi connectivity index (χ4v) is 4.02. The highest BCUT2D eigenvalue weighted by Gasteiger charge is 2.12. The van der Waals surface area contributed by atoms with Crippen LogP contribution in [0.4, 0.5) is 0 Å². The van der Waals surface area contributed by atoms with Crippen LogP contribution in [0.25, 0.3) is 10.9 Å². The van der Waals surface area contributed by atoms with Gasteiger partial charge in [-0.2, -0.15) is 5.10 Å². The first-order valence-electron chi connectivity index (χ1n) is 9.25. The van der Waals surface area contributed by atoms with E-state index in [0.29, 0.717) is 5.16 Å². The molecule has 0 fully saturated rings. The highest BCUT2D eigenvalue weighted by atomic mass is 32.2. The van der Waals surface area contributed by atoms with E-state index in [2.05, 4.69) is 64.0 Å². The summed E-state index contributed by atoms with van der Waals surface area (Å²) in [5.74, 6) is 0.0340. The molecule has 2 aromatic heterocycles. The first-order chi connectivity index (χ1) is 13.4. The average molecular weight is 396 g/mol. The van der Waals surface area contributed by atoms with Gasteiger partial charge < -0.3 is 4.57 Å². The first-order valence-corrected chi connectivity index (χ1v) is 10.2. The van der Waals surface area contributed by atoms with Gasteiger partial charge in [0.05, 0.1) is 12.0 Å². The molecule has 0 aliphatic heterocycles. The second-order valence-corrected chi connectivity index (χ2v) is 7.72. The summed E-state index contributed by atoms with van der Waals surface area (Å²) in [6.07, 6.45) is 1.74. The molecular weight excluding hydrogens is 370 g/mol. The number of hydrazone groups is 1. The number of hydrogen-bond donors (Lipinski definition) is 1. The van der Waals surface area contributed by atoms with Crippen molar-refractivity contribution in [3.63, 3.8) is 0 Å². The number of carbonyl (C=O) groups excluding carboxylic acids is 1. The molecule has 146 valence electrons. The SMILES string of the molecule is CCn1c(C)c(/C=N/NC(=O)CSc2nc(C)cc(C)n2)c2cc(C)ccc21. The molecule has 1 N–H and O–H groups in total. The quantitative estimate of drug-likeness (QED) is 0.297. The Kier molecular flexibility index (Phi) is 6.14. The maximum absolute atomic E-state index is 12.1. The Morgan fingerprint density at radius 2 is 1.89 bits per heavy atom. The van der Waals surface area contributed by atoms with Crippen molar-refractivity contribution in [3.05, 3.63) is 52.5 Å². The van der Waals surface area contributed by atoms with E-state index in [0.717, 1.165) is 34.6 Å². The van der Waals surface area contributed by atoms with Crippen molar-refractivity contribution >= 4 is 34.8 Å². The number of thioether (sulfide) groups is 1. The molecule has 0 aliphatic carbocycles. The number of fused-ring (bicyclic) bond motifs is 1. The first kappa shape index (κ1) is 20.1. The Morgan fingerprint density at radius 1 is 1.18 bits per heavy atom. The van der Waals surface area contributed by atoms with Gasteiger partial charge in [-0.1, -0.05) is 23.4 Å². The molecule has 1 aromatic carbocycles. The fourth-order valence-electron chi connectivity index (χ4n) is 3.28. The summed E-state index contributed by atoms with van der Waals surface area (Å²) in [6, 6.07) is 8.32. The van der Waals surface area contributed by atoms with Crippen LogP contribution in [0.15, 0.2) is 34.5 Å². The van der Waals surface area contributed by atoms with Crippen molar-refractivity contribution < 1.29 is 4.79 Å². The standard InChI is InChI=1S/C21H25N5OS/c1-6-26-16(5)18(17-9-13(2)7-8-19(17)26)11-22-25-20(27)12-28-21-23-14(3)10-15(4)24-21/h7-11H,6,12H2,1-5H3,(H,25,27)/b22-11+. The molecule has 28 heavy (non-hydrogen) atoms. The van der Waals surface area contributed by atoms with Crippen molar-refractivity contribution in [2.24, 2.45) is 5.10 Å². The molecule has 0 unspecified atom stereocenters. The minimum Gasteiger partial charge on any atom is -0.344 e. The van der Waals surface area contributed by atoms with Crippen molar-refractivity contribution in [1.82, 2.24) is 20.0 Å². The molecule has 7 heteroatoms. The van der Waals surface area contributed by atoms with Gasteiger partial charge in [0.15, 0.2) is 5.16 Å². The van der Waals surface area contributed by atoms with Crippen LogP contribution in [0.1, 0.15) is 35.1 Å². The normalized spacial score (nSPS) is 11.5. The van der Waals surface area contributed by atoms with Gasteiger partial charge in [0, 0.05) is 40.1 Å². The summed E-state index contributed by atoms with van der Waals surface area (Å²) >= 11 is 1.31. The molecule has 0 atom stereocenters.